The summed E-state index contributed by atoms with van der Waals surface area (Å²) >= 11 is 0. The average molecular weight is 438 g/mol. The first-order chi connectivity index (χ1) is 14.1. The zero-order valence-corrected chi connectivity index (χ0v) is 16.7. The summed E-state index contributed by atoms with van der Waals surface area (Å²) in [4.78, 5) is -0.886. The molecule has 0 spiro atoms. The number of sulfonamides is 1. The van der Waals surface area contributed by atoms with E-state index in [0.717, 1.165) is 17.7 Å². The third-order valence-electron chi connectivity index (χ3n) is 4.16. The van der Waals surface area contributed by atoms with Crippen molar-refractivity contribution in [2.45, 2.75) is 18.0 Å². The first-order valence-electron chi connectivity index (χ1n) is 8.59. The second-order valence-electron chi connectivity index (χ2n) is 6.20. The van der Waals surface area contributed by atoms with Gasteiger partial charge in [-0.25, -0.2) is 8.42 Å². The van der Waals surface area contributed by atoms with Gasteiger partial charge in [0, 0.05) is 0 Å². The van der Waals surface area contributed by atoms with Crippen LogP contribution in [-0.2, 0) is 16.2 Å². The molecule has 6 nitrogen and oxygen atoms in total. The number of methoxy groups -OCH3 is 1. The number of anilines is 1. The topological polar surface area (TPSA) is 81.4 Å². The first kappa shape index (κ1) is 21.4. The Hall–Kier alpha value is -3.27. The van der Waals surface area contributed by atoms with Crippen molar-refractivity contribution in [3.8, 4) is 5.75 Å². The third kappa shape index (κ3) is 4.65. The smallest absolute Gasteiger partial charge is 0.417 e. The van der Waals surface area contributed by atoms with E-state index >= 15 is 0 Å². The van der Waals surface area contributed by atoms with Crippen molar-refractivity contribution in [2.75, 3.05) is 11.8 Å². The van der Waals surface area contributed by atoms with E-state index in [9.17, 15) is 21.6 Å². The highest BCUT2D eigenvalue weighted by molar-refractivity contribution is 7.92. The summed E-state index contributed by atoms with van der Waals surface area (Å²) in [7, 11) is -3.01. The van der Waals surface area contributed by atoms with E-state index in [4.69, 9.17) is 9.26 Å². The van der Waals surface area contributed by atoms with Gasteiger partial charge in [0.15, 0.2) is 5.76 Å². The van der Waals surface area contributed by atoms with Crippen LogP contribution >= 0.6 is 0 Å². The molecule has 0 aliphatic carbocycles. The van der Waals surface area contributed by atoms with Gasteiger partial charge in [0.1, 0.15) is 17.1 Å². The fourth-order valence-electron chi connectivity index (χ4n) is 2.64. The van der Waals surface area contributed by atoms with Gasteiger partial charge in [-0.3, -0.25) is 4.72 Å². The maximum atomic E-state index is 13.2. The Bertz CT molecular complexity index is 1170. The molecule has 0 aliphatic rings. The number of benzene rings is 2. The second-order valence-corrected chi connectivity index (χ2v) is 7.86. The molecule has 0 unspecified atom stereocenters. The quantitative estimate of drug-likeness (QED) is 0.587. The Morgan fingerprint density at radius 1 is 1.07 bits per heavy atom. The maximum absolute atomic E-state index is 13.2. The fraction of sp³-hybridized carbons (Fsp3) is 0.150. The van der Waals surface area contributed by atoms with E-state index in [1.165, 1.54) is 19.1 Å². The van der Waals surface area contributed by atoms with E-state index in [0.29, 0.717) is 11.8 Å². The molecule has 0 radical (unpaired) electrons. The maximum Gasteiger partial charge on any atom is 0.417 e. The molecule has 0 saturated carbocycles. The van der Waals surface area contributed by atoms with Crippen LogP contribution in [0, 0.1) is 6.92 Å². The van der Waals surface area contributed by atoms with Crippen LogP contribution in [0.4, 0.5) is 18.9 Å². The summed E-state index contributed by atoms with van der Waals surface area (Å²) in [5, 5.41) is 3.78. The lowest BCUT2D eigenvalue weighted by atomic mass is 10.2. The number of nitrogens with one attached hydrogen (secondary N) is 1. The van der Waals surface area contributed by atoms with Crippen molar-refractivity contribution in [1.82, 2.24) is 5.16 Å². The summed E-state index contributed by atoms with van der Waals surface area (Å²) in [6.45, 7) is 1.45. The van der Waals surface area contributed by atoms with Gasteiger partial charge in [-0.1, -0.05) is 35.5 Å². The standard InChI is InChI=1S/C20H17F3N2O4S/c1-13-19(17(24-29-13)12-9-14-7-10-15(28-2)11-8-14)25-30(26,27)18-6-4-3-5-16(18)20(21,22)23/h3-12,25H,1-2H3. The summed E-state index contributed by atoms with van der Waals surface area (Å²) in [5.41, 5.74) is -0.414. The molecule has 0 atom stereocenters. The van der Waals surface area contributed by atoms with Gasteiger partial charge in [-0.2, -0.15) is 13.2 Å². The second kappa shape index (κ2) is 8.23. The van der Waals surface area contributed by atoms with E-state index < -0.39 is 26.7 Å². The highest BCUT2D eigenvalue weighted by Crippen LogP contribution is 2.35. The molecule has 3 rings (SSSR count). The van der Waals surface area contributed by atoms with E-state index in [2.05, 4.69) is 9.88 Å². The number of halogens is 3. The minimum Gasteiger partial charge on any atom is -0.497 e. The van der Waals surface area contributed by atoms with Crippen LogP contribution in [0.15, 0.2) is 57.9 Å². The lowest BCUT2D eigenvalue weighted by molar-refractivity contribution is -0.139. The molecule has 1 aromatic heterocycles. The zero-order valence-electron chi connectivity index (χ0n) is 15.9. The van der Waals surface area contributed by atoms with Crippen LogP contribution in [0.1, 0.15) is 22.6 Å². The van der Waals surface area contributed by atoms with Crippen LogP contribution in [0.3, 0.4) is 0 Å². The van der Waals surface area contributed by atoms with Crippen molar-refractivity contribution in [1.29, 1.82) is 0 Å². The lowest BCUT2D eigenvalue weighted by Crippen LogP contribution is -2.19. The van der Waals surface area contributed by atoms with Crippen LogP contribution in [0.5, 0.6) is 5.75 Å². The number of aryl methyl sites for hydroxylation is 1. The largest absolute Gasteiger partial charge is 0.497 e. The van der Waals surface area contributed by atoms with Crippen LogP contribution in [-0.4, -0.2) is 20.7 Å². The van der Waals surface area contributed by atoms with Crippen molar-refractivity contribution in [3.05, 3.63) is 71.1 Å². The molecule has 3 aromatic rings. The van der Waals surface area contributed by atoms with Gasteiger partial charge in [-0.15, -0.1) is 0 Å². The number of alkyl halides is 3. The number of hydrogen-bond donors (Lipinski definition) is 1. The molecule has 1 N–H and O–H groups in total. The van der Waals surface area contributed by atoms with Crippen molar-refractivity contribution in [2.24, 2.45) is 0 Å². The Balaban J connectivity index is 1.93. The normalized spacial score (nSPS) is 12.3. The van der Waals surface area contributed by atoms with Crippen molar-refractivity contribution < 1.29 is 30.8 Å². The lowest BCUT2D eigenvalue weighted by Gasteiger charge is -2.14. The van der Waals surface area contributed by atoms with Gasteiger partial charge >= 0.3 is 6.18 Å². The number of ether oxygens (including phenoxy) is 1. The summed E-state index contributed by atoms with van der Waals surface area (Å²) in [5.74, 6) is 0.777. The Kier molecular flexibility index (Phi) is 5.88. The van der Waals surface area contributed by atoms with Gasteiger partial charge in [-0.05, 0) is 42.8 Å². The zero-order chi connectivity index (χ0) is 21.9. The first-order valence-corrected chi connectivity index (χ1v) is 10.1. The van der Waals surface area contributed by atoms with Crippen LogP contribution in [0.25, 0.3) is 12.2 Å². The number of hydrogen-bond acceptors (Lipinski definition) is 5. The van der Waals surface area contributed by atoms with Crippen LogP contribution in [0.2, 0.25) is 0 Å². The van der Waals surface area contributed by atoms with Crippen LogP contribution < -0.4 is 9.46 Å². The molecule has 30 heavy (non-hydrogen) atoms. The molecule has 0 saturated heterocycles. The van der Waals surface area contributed by atoms with Crippen molar-refractivity contribution >= 4 is 27.9 Å². The monoisotopic (exact) mass is 438 g/mol. The minimum atomic E-state index is -4.83. The average Bonchev–Trinajstić information content (AvgIpc) is 3.05. The number of rotatable bonds is 6. The van der Waals surface area contributed by atoms with Gasteiger partial charge < -0.3 is 9.26 Å². The molecule has 0 bridgehead atoms. The Morgan fingerprint density at radius 2 is 1.73 bits per heavy atom. The Morgan fingerprint density at radius 3 is 2.37 bits per heavy atom. The summed E-state index contributed by atoms with van der Waals surface area (Å²) < 4.78 is 77.4. The molecule has 0 aliphatic heterocycles. The highest BCUT2D eigenvalue weighted by atomic mass is 32.2. The SMILES string of the molecule is COc1ccc(C=Cc2noc(C)c2NS(=O)(=O)c2ccccc2C(F)(F)F)cc1. The van der Waals surface area contributed by atoms with Crippen molar-refractivity contribution in [3.63, 3.8) is 0 Å². The van der Waals surface area contributed by atoms with E-state index in [1.54, 1.807) is 37.5 Å². The number of nitrogens with zero attached hydrogens (tertiary/aromatic N) is 1. The molecule has 0 fully saturated rings. The molecular weight excluding hydrogens is 421 g/mol. The molecule has 10 heteroatoms. The highest BCUT2D eigenvalue weighted by Gasteiger charge is 2.37. The van der Waals surface area contributed by atoms with E-state index in [1.807, 2.05) is 0 Å². The van der Waals surface area contributed by atoms with E-state index in [-0.39, 0.29) is 17.1 Å². The Labute approximate surface area is 171 Å². The molecule has 2 aromatic carbocycles. The van der Waals surface area contributed by atoms with Gasteiger partial charge in [0.25, 0.3) is 10.0 Å². The fourth-order valence-corrected chi connectivity index (χ4v) is 4.00. The predicted octanol–water partition coefficient (Wildman–Crippen LogP) is 4.98. The predicted molar refractivity (Wildman–Crippen MR) is 105 cm³/mol. The molecule has 0 amide bonds. The third-order valence-corrected chi connectivity index (χ3v) is 5.56. The minimum absolute atomic E-state index is 0.0447. The molecule has 158 valence electrons. The summed E-state index contributed by atoms with van der Waals surface area (Å²) in [6.07, 6.45) is -1.68. The summed E-state index contributed by atoms with van der Waals surface area (Å²) in [6, 6.07) is 11.0. The molecule has 1 heterocycles. The number of aromatic nitrogens is 1. The van der Waals surface area contributed by atoms with Gasteiger partial charge in [0.05, 0.1) is 17.6 Å². The molecular formula is C20H17F3N2O4S. The van der Waals surface area contributed by atoms with Gasteiger partial charge in [0.2, 0.25) is 0 Å².